The van der Waals surface area contributed by atoms with E-state index in [1.807, 2.05) is 0 Å². The lowest BCUT2D eigenvalue weighted by atomic mass is 10.2. The number of nitrogens with zero attached hydrogens (tertiary/aromatic N) is 1. The Kier molecular flexibility index (Phi) is 3.57. The van der Waals surface area contributed by atoms with Gasteiger partial charge < -0.3 is 0 Å². The second kappa shape index (κ2) is 4.52. The van der Waals surface area contributed by atoms with E-state index >= 15 is 0 Å². The summed E-state index contributed by atoms with van der Waals surface area (Å²) in [6.45, 7) is -0.378. The van der Waals surface area contributed by atoms with Crippen LogP contribution in [0, 0.1) is 10.1 Å². The molecule has 7 heteroatoms. The van der Waals surface area contributed by atoms with Gasteiger partial charge in [-0.1, -0.05) is 12.1 Å². The van der Waals surface area contributed by atoms with Gasteiger partial charge in [0.25, 0.3) is 0 Å². The smallest absolute Gasteiger partial charge is 0.264 e. The van der Waals surface area contributed by atoms with E-state index in [1.54, 1.807) is 0 Å². The summed E-state index contributed by atoms with van der Waals surface area (Å²) in [5.41, 5.74) is -3.95. The third-order valence-corrected chi connectivity index (χ3v) is 2.21. The van der Waals surface area contributed by atoms with Gasteiger partial charge in [0.2, 0.25) is 6.54 Å². The number of hydrogen-bond acceptors (Lipinski definition) is 3. The van der Waals surface area contributed by atoms with Crippen LogP contribution in [0.5, 0.6) is 0 Å². The maximum atomic E-state index is 11.9. The van der Waals surface area contributed by atoms with Gasteiger partial charge in [0.05, 0.1) is 0 Å². The highest BCUT2D eigenvalue weighted by Gasteiger charge is 2.28. The molecule has 0 aliphatic rings. The van der Waals surface area contributed by atoms with E-state index in [0.717, 1.165) is 0 Å². The monoisotopic (exact) mass is 237 g/mol. The molecule has 0 heterocycles. The summed E-state index contributed by atoms with van der Waals surface area (Å²) in [6.07, 6.45) is 0. The lowest BCUT2D eigenvalue weighted by Crippen LogP contribution is -2.00. The van der Waals surface area contributed by atoms with E-state index in [1.165, 1.54) is 24.3 Å². The predicted octanol–water partition coefficient (Wildman–Crippen LogP) is 3.08. The highest BCUT2D eigenvalue weighted by Crippen LogP contribution is 2.36. The van der Waals surface area contributed by atoms with Crippen LogP contribution >= 0.6 is 11.8 Å². The molecule has 3 nitrogen and oxygen atoms in total. The molecule has 0 saturated carbocycles. The second-order valence-corrected chi connectivity index (χ2v) is 3.82. The molecule has 1 rings (SSSR count). The van der Waals surface area contributed by atoms with Gasteiger partial charge in [0, 0.05) is 15.4 Å². The normalized spacial score (nSPS) is 11.4. The van der Waals surface area contributed by atoms with Crippen molar-refractivity contribution in [1.82, 2.24) is 0 Å². The van der Waals surface area contributed by atoms with Crippen LogP contribution in [0.15, 0.2) is 29.2 Å². The molecule has 0 atom stereocenters. The van der Waals surface area contributed by atoms with Gasteiger partial charge in [0.1, 0.15) is 0 Å². The Morgan fingerprint density at radius 3 is 2.20 bits per heavy atom. The summed E-state index contributed by atoms with van der Waals surface area (Å²) in [7, 11) is 0. The van der Waals surface area contributed by atoms with Gasteiger partial charge in [-0.15, -0.1) is 0 Å². The Bertz CT molecular complexity index is 350. The first-order chi connectivity index (χ1) is 6.87. The fourth-order valence-corrected chi connectivity index (χ4v) is 1.49. The molecule has 82 valence electrons. The van der Waals surface area contributed by atoms with E-state index in [4.69, 9.17) is 0 Å². The van der Waals surface area contributed by atoms with Gasteiger partial charge in [-0.05, 0) is 23.9 Å². The quantitative estimate of drug-likeness (QED) is 0.461. The minimum Gasteiger partial charge on any atom is -0.264 e. The molecular formula is C8H6F3NO2S. The molecule has 0 fully saturated rings. The van der Waals surface area contributed by atoms with Gasteiger partial charge >= 0.3 is 5.51 Å². The number of halogens is 3. The fourth-order valence-electron chi connectivity index (χ4n) is 0.946. The van der Waals surface area contributed by atoms with Gasteiger partial charge in [-0.3, -0.25) is 10.1 Å². The number of nitro groups is 1. The molecule has 0 spiro atoms. The molecule has 0 unspecified atom stereocenters. The first-order valence-electron chi connectivity index (χ1n) is 3.83. The number of alkyl halides is 3. The summed E-state index contributed by atoms with van der Waals surface area (Å²) >= 11 is -0.242. The van der Waals surface area contributed by atoms with Crippen molar-refractivity contribution in [3.63, 3.8) is 0 Å². The number of hydrogen-bond donors (Lipinski definition) is 0. The molecule has 0 saturated heterocycles. The molecule has 15 heavy (non-hydrogen) atoms. The molecule has 0 aliphatic heterocycles. The second-order valence-electron chi connectivity index (χ2n) is 2.68. The van der Waals surface area contributed by atoms with Crippen molar-refractivity contribution in [2.45, 2.75) is 16.9 Å². The molecular weight excluding hydrogens is 231 g/mol. The minimum absolute atomic E-state index is 0.0228. The Morgan fingerprint density at radius 2 is 1.80 bits per heavy atom. The standard InChI is InChI=1S/C8H6F3NO2S/c9-8(10,11)15-7-3-1-6(2-4-7)5-12(13)14/h1-4H,5H2. The van der Waals surface area contributed by atoms with Crippen LogP contribution in [-0.2, 0) is 6.54 Å². The average molecular weight is 237 g/mol. The molecule has 0 N–H and O–H groups in total. The zero-order valence-electron chi connectivity index (χ0n) is 7.32. The lowest BCUT2D eigenvalue weighted by molar-refractivity contribution is -0.496. The number of rotatable bonds is 3. The Balaban J connectivity index is 2.68. The largest absolute Gasteiger partial charge is 0.446 e. The van der Waals surface area contributed by atoms with Crippen molar-refractivity contribution in [1.29, 1.82) is 0 Å². The van der Waals surface area contributed by atoms with Crippen molar-refractivity contribution in [3.05, 3.63) is 39.9 Å². The summed E-state index contributed by atoms with van der Waals surface area (Å²) in [5, 5.41) is 10.1. The van der Waals surface area contributed by atoms with Crippen LogP contribution in [0.25, 0.3) is 0 Å². The van der Waals surface area contributed by atoms with Crippen LogP contribution < -0.4 is 0 Å². The van der Waals surface area contributed by atoms with Crippen LogP contribution in [0.2, 0.25) is 0 Å². The van der Waals surface area contributed by atoms with Crippen LogP contribution in [0.3, 0.4) is 0 Å². The highest BCUT2D eigenvalue weighted by molar-refractivity contribution is 8.00. The van der Waals surface area contributed by atoms with Crippen molar-refractivity contribution >= 4 is 11.8 Å². The third kappa shape index (κ3) is 4.68. The van der Waals surface area contributed by atoms with Gasteiger partial charge in [-0.2, -0.15) is 13.2 Å². The Labute approximate surface area is 87.4 Å². The van der Waals surface area contributed by atoms with Crippen molar-refractivity contribution in [2.75, 3.05) is 0 Å². The van der Waals surface area contributed by atoms with Crippen LogP contribution in [0.1, 0.15) is 5.56 Å². The fraction of sp³-hybridized carbons (Fsp3) is 0.250. The zero-order chi connectivity index (χ0) is 11.5. The molecule has 0 aliphatic carbocycles. The number of benzene rings is 1. The van der Waals surface area contributed by atoms with Crippen LogP contribution in [-0.4, -0.2) is 10.4 Å². The maximum Gasteiger partial charge on any atom is 0.446 e. The van der Waals surface area contributed by atoms with Crippen LogP contribution in [0.4, 0.5) is 13.2 Å². The molecule has 0 aromatic heterocycles. The summed E-state index contributed by atoms with van der Waals surface area (Å²) < 4.78 is 35.7. The first-order valence-corrected chi connectivity index (χ1v) is 4.65. The highest BCUT2D eigenvalue weighted by atomic mass is 32.2. The zero-order valence-corrected chi connectivity index (χ0v) is 8.14. The molecule has 0 amide bonds. The minimum atomic E-state index is -4.33. The molecule has 0 radical (unpaired) electrons. The maximum absolute atomic E-state index is 11.9. The predicted molar refractivity (Wildman–Crippen MR) is 49.1 cm³/mol. The van der Waals surface area contributed by atoms with Crippen molar-refractivity contribution < 1.29 is 18.1 Å². The topological polar surface area (TPSA) is 43.1 Å². The summed E-state index contributed by atoms with van der Waals surface area (Å²) in [4.78, 5) is 9.59. The molecule has 0 bridgehead atoms. The van der Waals surface area contributed by atoms with Crippen molar-refractivity contribution in [3.8, 4) is 0 Å². The van der Waals surface area contributed by atoms with Crippen molar-refractivity contribution in [2.24, 2.45) is 0 Å². The van der Waals surface area contributed by atoms with E-state index in [0.29, 0.717) is 5.56 Å². The lowest BCUT2D eigenvalue weighted by Gasteiger charge is -2.05. The van der Waals surface area contributed by atoms with E-state index < -0.39 is 10.4 Å². The molecule has 1 aromatic rings. The SMILES string of the molecule is O=[N+]([O-])Cc1ccc(SC(F)(F)F)cc1. The first kappa shape index (κ1) is 11.8. The Hall–Kier alpha value is -1.24. The summed E-state index contributed by atoms with van der Waals surface area (Å²) in [6, 6.07) is 5.07. The summed E-state index contributed by atoms with van der Waals surface area (Å²) in [5.74, 6) is 0. The van der Waals surface area contributed by atoms with Gasteiger partial charge in [-0.25, -0.2) is 0 Å². The van der Waals surface area contributed by atoms with E-state index in [2.05, 4.69) is 0 Å². The molecule has 1 aromatic carbocycles. The third-order valence-electron chi connectivity index (χ3n) is 1.47. The average Bonchev–Trinajstić information content (AvgIpc) is 2.05. The van der Waals surface area contributed by atoms with E-state index in [-0.39, 0.29) is 23.2 Å². The van der Waals surface area contributed by atoms with E-state index in [9.17, 15) is 23.3 Å². The Morgan fingerprint density at radius 1 is 1.27 bits per heavy atom. The van der Waals surface area contributed by atoms with Gasteiger partial charge in [0.15, 0.2) is 0 Å². The number of thioether (sulfide) groups is 1.